The zero-order chi connectivity index (χ0) is 14.0. The summed E-state index contributed by atoms with van der Waals surface area (Å²) in [5, 5.41) is 2.33. The number of halogens is 4. The minimum Gasteiger partial charge on any atom is -0.335 e. The second kappa shape index (κ2) is 5.41. The Kier molecular flexibility index (Phi) is 3.86. The van der Waals surface area contributed by atoms with Gasteiger partial charge in [0.25, 0.3) is 0 Å². The predicted octanol–water partition coefficient (Wildman–Crippen LogP) is 2.69. The highest BCUT2D eigenvalue weighted by molar-refractivity contribution is 9.10. The molecular formula is C10H7BrF3N5. The van der Waals surface area contributed by atoms with E-state index in [-0.39, 0.29) is 21.9 Å². The molecule has 0 spiro atoms. The van der Waals surface area contributed by atoms with Crippen LogP contribution < -0.4 is 16.6 Å². The highest BCUT2D eigenvalue weighted by atomic mass is 79.9. The SMILES string of the molecule is NNc1ncc(F)c(Nc2cc(F)c(Br)cc2F)n1. The van der Waals surface area contributed by atoms with E-state index in [4.69, 9.17) is 5.84 Å². The monoisotopic (exact) mass is 333 g/mol. The van der Waals surface area contributed by atoms with Crippen molar-refractivity contribution in [2.24, 2.45) is 5.84 Å². The Labute approximate surface area is 114 Å². The lowest BCUT2D eigenvalue weighted by molar-refractivity contribution is 0.596. The number of nitrogen functional groups attached to an aromatic ring is 1. The summed E-state index contributed by atoms with van der Waals surface area (Å²) in [4.78, 5) is 7.16. The molecule has 5 nitrogen and oxygen atoms in total. The van der Waals surface area contributed by atoms with E-state index >= 15 is 0 Å². The lowest BCUT2D eigenvalue weighted by atomic mass is 10.3. The van der Waals surface area contributed by atoms with Gasteiger partial charge in [-0.05, 0) is 22.0 Å². The van der Waals surface area contributed by atoms with Crippen molar-refractivity contribution in [1.82, 2.24) is 9.97 Å². The zero-order valence-electron chi connectivity index (χ0n) is 9.22. The van der Waals surface area contributed by atoms with Gasteiger partial charge >= 0.3 is 0 Å². The van der Waals surface area contributed by atoms with E-state index in [1.165, 1.54) is 0 Å². The van der Waals surface area contributed by atoms with Gasteiger partial charge in [0.2, 0.25) is 5.95 Å². The predicted molar refractivity (Wildman–Crippen MR) is 67.1 cm³/mol. The second-order valence-electron chi connectivity index (χ2n) is 3.41. The Morgan fingerprint density at radius 1 is 1.11 bits per heavy atom. The van der Waals surface area contributed by atoms with Gasteiger partial charge in [0, 0.05) is 6.07 Å². The van der Waals surface area contributed by atoms with Crippen LogP contribution in [0.4, 0.5) is 30.6 Å². The van der Waals surface area contributed by atoms with Crippen molar-refractivity contribution in [1.29, 1.82) is 0 Å². The molecule has 9 heteroatoms. The zero-order valence-corrected chi connectivity index (χ0v) is 10.8. The van der Waals surface area contributed by atoms with E-state index in [0.717, 1.165) is 18.3 Å². The number of hydrogen-bond acceptors (Lipinski definition) is 5. The van der Waals surface area contributed by atoms with Crippen LogP contribution in [-0.4, -0.2) is 9.97 Å². The second-order valence-corrected chi connectivity index (χ2v) is 4.26. The normalized spacial score (nSPS) is 10.4. The van der Waals surface area contributed by atoms with Gasteiger partial charge in [-0.15, -0.1) is 0 Å². The third-order valence-corrected chi connectivity index (χ3v) is 2.74. The molecule has 0 atom stereocenters. The standard InChI is InChI=1S/C10H7BrF3N5/c11-4-1-6(13)8(2-5(4)12)17-9-7(14)3-16-10(18-9)19-15/h1-3H,15H2,(H2,16,17,18,19). The van der Waals surface area contributed by atoms with E-state index in [9.17, 15) is 13.2 Å². The third-order valence-electron chi connectivity index (χ3n) is 2.14. The van der Waals surface area contributed by atoms with Gasteiger partial charge in [-0.25, -0.2) is 24.0 Å². The minimum absolute atomic E-state index is 0.0389. The van der Waals surface area contributed by atoms with Crippen molar-refractivity contribution >= 4 is 33.4 Å². The number of hydrogen-bond donors (Lipinski definition) is 3. The summed E-state index contributed by atoms with van der Waals surface area (Å²) < 4.78 is 40.2. The highest BCUT2D eigenvalue weighted by Crippen LogP contribution is 2.26. The van der Waals surface area contributed by atoms with Crippen molar-refractivity contribution < 1.29 is 13.2 Å². The fourth-order valence-electron chi connectivity index (χ4n) is 1.27. The molecule has 0 bridgehead atoms. The molecule has 1 aromatic carbocycles. The lowest BCUT2D eigenvalue weighted by Gasteiger charge is -2.09. The first-order chi connectivity index (χ1) is 9.01. The van der Waals surface area contributed by atoms with Crippen LogP contribution in [0.5, 0.6) is 0 Å². The first-order valence-electron chi connectivity index (χ1n) is 4.92. The van der Waals surface area contributed by atoms with Crippen LogP contribution in [0.1, 0.15) is 0 Å². The molecule has 0 aliphatic heterocycles. The van der Waals surface area contributed by atoms with Crippen LogP contribution in [0.3, 0.4) is 0 Å². The Morgan fingerprint density at radius 3 is 2.53 bits per heavy atom. The molecule has 0 fully saturated rings. The largest absolute Gasteiger partial charge is 0.335 e. The maximum absolute atomic E-state index is 13.6. The molecule has 1 heterocycles. The van der Waals surface area contributed by atoms with Crippen LogP contribution in [0, 0.1) is 17.5 Å². The number of aromatic nitrogens is 2. The molecule has 4 N–H and O–H groups in total. The molecule has 2 aromatic rings. The molecule has 0 saturated heterocycles. The number of anilines is 3. The van der Waals surface area contributed by atoms with Crippen LogP contribution in [0.25, 0.3) is 0 Å². The molecule has 0 radical (unpaired) electrons. The topological polar surface area (TPSA) is 75.9 Å². The van der Waals surface area contributed by atoms with E-state index in [1.54, 1.807) is 0 Å². The van der Waals surface area contributed by atoms with Gasteiger partial charge in [-0.3, -0.25) is 5.43 Å². The van der Waals surface area contributed by atoms with E-state index in [1.807, 2.05) is 0 Å². The molecule has 2 rings (SSSR count). The summed E-state index contributed by atoms with van der Waals surface area (Å²) in [6, 6.07) is 1.79. The first kappa shape index (κ1) is 13.6. The van der Waals surface area contributed by atoms with Crippen molar-refractivity contribution in [3.8, 4) is 0 Å². The number of rotatable bonds is 3. The Balaban J connectivity index is 2.38. The average molecular weight is 334 g/mol. The number of nitrogens with two attached hydrogens (primary N) is 1. The van der Waals surface area contributed by atoms with Crippen LogP contribution in [0.2, 0.25) is 0 Å². The molecule has 0 aliphatic carbocycles. The fraction of sp³-hybridized carbons (Fsp3) is 0. The fourth-order valence-corrected chi connectivity index (χ4v) is 1.59. The smallest absolute Gasteiger partial charge is 0.239 e. The summed E-state index contributed by atoms with van der Waals surface area (Å²) in [6.45, 7) is 0. The van der Waals surface area contributed by atoms with E-state index in [2.05, 4.69) is 36.6 Å². The summed E-state index contributed by atoms with van der Waals surface area (Å²) in [5.41, 5.74) is 1.85. The van der Waals surface area contributed by atoms with Crippen LogP contribution >= 0.6 is 15.9 Å². The molecule has 0 amide bonds. The average Bonchev–Trinajstić information content (AvgIpc) is 2.38. The van der Waals surface area contributed by atoms with Crippen molar-refractivity contribution in [2.45, 2.75) is 0 Å². The molecule has 1 aromatic heterocycles. The Bertz CT molecular complexity index is 622. The van der Waals surface area contributed by atoms with Crippen molar-refractivity contribution in [3.63, 3.8) is 0 Å². The van der Waals surface area contributed by atoms with Crippen molar-refractivity contribution in [2.75, 3.05) is 10.7 Å². The summed E-state index contributed by atoms with van der Waals surface area (Å²) in [5.74, 6) is 2.37. The van der Waals surface area contributed by atoms with E-state index in [0.29, 0.717) is 0 Å². The minimum atomic E-state index is -0.832. The molecule has 0 aliphatic rings. The number of hydrazine groups is 1. The van der Waals surface area contributed by atoms with Gasteiger partial charge < -0.3 is 5.32 Å². The van der Waals surface area contributed by atoms with E-state index < -0.39 is 17.5 Å². The summed E-state index contributed by atoms with van der Waals surface area (Å²) in [6.07, 6.45) is 0.845. The first-order valence-corrected chi connectivity index (χ1v) is 5.71. The molecule has 0 saturated carbocycles. The van der Waals surface area contributed by atoms with Crippen molar-refractivity contribution in [3.05, 3.63) is 40.3 Å². The summed E-state index contributed by atoms with van der Waals surface area (Å²) in [7, 11) is 0. The van der Waals surface area contributed by atoms with Gasteiger partial charge in [0.05, 0.1) is 16.4 Å². The van der Waals surface area contributed by atoms with Crippen LogP contribution in [0.15, 0.2) is 22.8 Å². The molecule has 0 unspecified atom stereocenters. The Hall–Kier alpha value is -1.87. The maximum atomic E-state index is 13.6. The quantitative estimate of drug-likeness (QED) is 0.457. The highest BCUT2D eigenvalue weighted by Gasteiger charge is 2.12. The van der Waals surface area contributed by atoms with Gasteiger partial charge in [-0.1, -0.05) is 0 Å². The molecule has 19 heavy (non-hydrogen) atoms. The van der Waals surface area contributed by atoms with Gasteiger partial charge in [-0.2, -0.15) is 4.98 Å². The number of nitrogens with zero attached hydrogens (tertiary/aromatic N) is 2. The van der Waals surface area contributed by atoms with Crippen LogP contribution in [-0.2, 0) is 0 Å². The molecule has 100 valence electrons. The molecular weight excluding hydrogens is 327 g/mol. The third kappa shape index (κ3) is 2.93. The van der Waals surface area contributed by atoms with Gasteiger partial charge in [0.15, 0.2) is 11.6 Å². The Morgan fingerprint density at radius 2 is 1.84 bits per heavy atom. The van der Waals surface area contributed by atoms with Gasteiger partial charge in [0.1, 0.15) is 11.6 Å². The maximum Gasteiger partial charge on any atom is 0.239 e. The lowest BCUT2D eigenvalue weighted by Crippen LogP contribution is -2.12. The number of nitrogens with one attached hydrogen (secondary N) is 2. The summed E-state index contributed by atoms with van der Waals surface area (Å²) >= 11 is 2.83. The number of benzene rings is 1.